The van der Waals surface area contributed by atoms with Crippen LogP contribution in [0.25, 0.3) is 0 Å². The fourth-order valence-corrected chi connectivity index (χ4v) is 3.59. The molecular weight excluding hydrogens is 334 g/mol. The minimum Gasteiger partial charge on any atom is -0.466 e. The maximum atomic E-state index is 12.7. The summed E-state index contributed by atoms with van der Waals surface area (Å²) in [6, 6.07) is -0.554. The normalized spacial score (nSPS) is 20.9. The van der Waals surface area contributed by atoms with Gasteiger partial charge in [-0.05, 0) is 13.3 Å². The summed E-state index contributed by atoms with van der Waals surface area (Å²) < 4.78 is 4.84. The second-order valence-electron chi connectivity index (χ2n) is 5.60. The van der Waals surface area contributed by atoms with Gasteiger partial charge in [0, 0.05) is 23.9 Å². The van der Waals surface area contributed by atoms with E-state index in [2.05, 4.69) is 0 Å². The molecule has 1 unspecified atom stereocenters. The maximum absolute atomic E-state index is 12.7. The summed E-state index contributed by atoms with van der Waals surface area (Å²) in [7, 11) is 0. The van der Waals surface area contributed by atoms with E-state index in [4.69, 9.17) is 15.3 Å². The second kappa shape index (κ2) is 6.78. The number of rotatable bonds is 5. The van der Waals surface area contributed by atoms with Gasteiger partial charge < -0.3 is 15.3 Å². The van der Waals surface area contributed by atoms with Gasteiger partial charge in [0.15, 0.2) is 5.75 Å². The molecule has 0 spiro atoms. The number of thiophene rings is 1. The van der Waals surface area contributed by atoms with Crippen molar-refractivity contribution < 1.29 is 24.0 Å². The van der Waals surface area contributed by atoms with Crippen molar-refractivity contribution in [3.8, 4) is 5.75 Å². The molecule has 9 heteroatoms. The molecule has 2 aliphatic heterocycles. The lowest BCUT2D eigenvalue weighted by Crippen LogP contribution is -2.54. The van der Waals surface area contributed by atoms with Crippen LogP contribution in [0.3, 0.4) is 0 Å². The highest BCUT2D eigenvalue weighted by molar-refractivity contribution is 7.14. The predicted octanol–water partition coefficient (Wildman–Crippen LogP) is 0.910. The monoisotopic (exact) mass is 353 g/mol. The zero-order valence-electron chi connectivity index (χ0n) is 13.3. The standard InChI is InChI=1S/C15H19N3O5S/c1-2-22-13(20)5-6-17-12(19)4-3-10(15(17)21)18-7-9-11(23-18)8-24-14(9)16/h8,10H,2-7,16H2,1H3. The number of fused-ring (bicyclic) bond motifs is 1. The first-order valence-electron chi connectivity index (χ1n) is 7.81. The van der Waals surface area contributed by atoms with E-state index in [0.29, 0.717) is 23.7 Å². The summed E-state index contributed by atoms with van der Waals surface area (Å²) in [5.74, 6) is -0.371. The number of nitrogen functional groups attached to an aromatic ring is 1. The van der Waals surface area contributed by atoms with Gasteiger partial charge >= 0.3 is 5.97 Å². The first kappa shape index (κ1) is 16.7. The Balaban J connectivity index is 1.65. The zero-order valence-corrected chi connectivity index (χ0v) is 14.1. The number of nitrogens with zero attached hydrogens (tertiary/aromatic N) is 2. The van der Waals surface area contributed by atoms with Crippen molar-refractivity contribution in [3.05, 3.63) is 10.9 Å². The van der Waals surface area contributed by atoms with Crippen LogP contribution in [0.2, 0.25) is 0 Å². The Kier molecular flexibility index (Phi) is 4.72. The van der Waals surface area contributed by atoms with Crippen molar-refractivity contribution in [1.82, 2.24) is 9.96 Å². The minimum absolute atomic E-state index is 0.00120. The van der Waals surface area contributed by atoms with Crippen LogP contribution < -0.4 is 10.6 Å². The van der Waals surface area contributed by atoms with E-state index in [1.165, 1.54) is 11.3 Å². The van der Waals surface area contributed by atoms with Crippen molar-refractivity contribution in [2.45, 2.75) is 38.8 Å². The van der Waals surface area contributed by atoms with Crippen molar-refractivity contribution in [2.75, 3.05) is 18.9 Å². The molecule has 0 aliphatic carbocycles. The first-order valence-corrected chi connectivity index (χ1v) is 8.69. The van der Waals surface area contributed by atoms with Crippen molar-refractivity contribution in [3.63, 3.8) is 0 Å². The lowest BCUT2D eigenvalue weighted by atomic mass is 10.0. The number of nitrogens with two attached hydrogens (primary N) is 1. The van der Waals surface area contributed by atoms with Gasteiger partial charge in [-0.2, -0.15) is 0 Å². The van der Waals surface area contributed by atoms with Gasteiger partial charge in [0.2, 0.25) is 11.8 Å². The van der Waals surface area contributed by atoms with Crippen LogP contribution in [0.5, 0.6) is 5.75 Å². The van der Waals surface area contributed by atoms with Crippen molar-refractivity contribution >= 4 is 34.1 Å². The molecule has 1 fully saturated rings. The molecule has 0 radical (unpaired) electrons. The van der Waals surface area contributed by atoms with Crippen LogP contribution >= 0.6 is 11.3 Å². The average Bonchev–Trinajstić information content (AvgIpc) is 3.10. The smallest absolute Gasteiger partial charge is 0.307 e. The summed E-state index contributed by atoms with van der Waals surface area (Å²) >= 11 is 1.40. The van der Waals surface area contributed by atoms with Gasteiger partial charge in [0.05, 0.1) is 24.6 Å². The summed E-state index contributed by atoms with van der Waals surface area (Å²) in [6.07, 6.45) is 0.626. The molecule has 1 saturated heterocycles. The van der Waals surface area contributed by atoms with E-state index >= 15 is 0 Å². The number of carbonyl (C=O) groups is 3. The van der Waals surface area contributed by atoms with E-state index in [-0.39, 0.29) is 37.8 Å². The van der Waals surface area contributed by atoms with E-state index in [1.54, 1.807) is 12.0 Å². The van der Waals surface area contributed by atoms with Crippen molar-refractivity contribution in [2.24, 2.45) is 0 Å². The molecule has 8 nitrogen and oxygen atoms in total. The summed E-state index contributed by atoms with van der Waals surface area (Å²) in [6.45, 7) is 2.43. The van der Waals surface area contributed by atoms with Crippen LogP contribution in [-0.2, 0) is 25.7 Å². The van der Waals surface area contributed by atoms with E-state index < -0.39 is 12.0 Å². The molecule has 3 heterocycles. The summed E-state index contributed by atoms with van der Waals surface area (Å²) in [5, 5.41) is 4.05. The maximum Gasteiger partial charge on any atom is 0.307 e. The van der Waals surface area contributed by atoms with Crippen LogP contribution in [0.4, 0.5) is 5.00 Å². The Labute approximate surface area is 143 Å². The molecule has 2 amide bonds. The van der Waals surface area contributed by atoms with Crippen LogP contribution in [0.15, 0.2) is 5.38 Å². The Hall–Kier alpha value is -2.13. The SMILES string of the molecule is CCOC(=O)CCN1C(=O)CCC(N2Cc3c(csc3N)O2)C1=O. The molecule has 3 rings (SSSR count). The number of hydrogen-bond acceptors (Lipinski definition) is 8. The number of likely N-dealkylation sites (tertiary alicyclic amines) is 1. The number of piperidine rings is 1. The summed E-state index contributed by atoms with van der Waals surface area (Å²) in [5.41, 5.74) is 6.77. The number of hydrogen-bond donors (Lipinski definition) is 1. The molecule has 1 aromatic heterocycles. The van der Waals surface area contributed by atoms with E-state index in [1.807, 2.05) is 5.38 Å². The van der Waals surface area contributed by atoms with Gasteiger partial charge in [-0.25, -0.2) is 0 Å². The largest absolute Gasteiger partial charge is 0.466 e. The van der Waals surface area contributed by atoms with Gasteiger partial charge in [-0.15, -0.1) is 16.4 Å². The Bertz CT molecular complexity index is 674. The highest BCUT2D eigenvalue weighted by atomic mass is 32.1. The second-order valence-corrected chi connectivity index (χ2v) is 6.51. The third kappa shape index (κ3) is 3.09. The summed E-state index contributed by atoms with van der Waals surface area (Å²) in [4.78, 5) is 43.0. The molecular formula is C15H19N3O5S. The number of hydroxylamine groups is 2. The number of ether oxygens (including phenoxy) is 1. The first-order chi connectivity index (χ1) is 11.5. The number of amides is 2. The lowest BCUT2D eigenvalue weighted by Gasteiger charge is -2.34. The Morgan fingerprint density at radius 1 is 1.50 bits per heavy atom. The molecule has 130 valence electrons. The fraction of sp³-hybridized carbons (Fsp3) is 0.533. The van der Waals surface area contributed by atoms with Gasteiger partial charge in [-0.3, -0.25) is 19.3 Å². The number of carbonyl (C=O) groups excluding carboxylic acids is 3. The third-order valence-corrected chi connectivity index (χ3v) is 4.93. The Morgan fingerprint density at radius 2 is 2.29 bits per heavy atom. The highest BCUT2D eigenvalue weighted by Crippen LogP contribution is 2.39. The third-order valence-electron chi connectivity index (χ3n) is 4.09. The molecule has 24 heavy (non-hydrogen) atoms. The highest BCUT2D eigenvalue weighted by Gasteiger charge is 2.41. The molecule has 1 aromatic rings. The van der Waals surface area contributed by atoms with Crippen molar-refractivity contribution in [1.29, 1.82) is 0 Å². The fourth-order valence-electron chi connectivity index (χ4n) is 2.86. The lowest BCUT2D eigenvalue weighted by molar-refractivity contribution is -0.165. The van der Waals surface area contributed by atoms with Crippen LogP contribution in [0, 0.1) is 0 Å². The Morgan fingerprint density at radius 3 is 3.00 bits per heavy atom. The molecule has 2 aliphatic rings. The number of esters is 1. The van der Waals surface area contributed by atoms with E-state index in [0.717, 1.165) is 10.5 Å². The quantitative estimate of drug-likeness (QED) is 0.620. The van der Waals surface area contributed by atoms with Crippen LogP contribution in [-0.4, -0.2) is 46.9 Å². The van der Waals surface area contributed by atoms with Gasteiger partial charge in [-0.1, -0.05) is 0 Å². The average molecular weight is 353 g/mol. The zero-order chi connectivity index (χ0) is 17.3. The predicted molar refractivity (Wildman–Crippen MR) is 85.9 cm³/mol. The molecule has 0 saturated carbocycles. The van der Waals surface area contributed by atoms with Crippen LogP contribution in [0.1, 0.15) is 31.7 Å². The number of imide groups is 1. The molecule has 0 bridgehead atoms. The molecule has 1 atom stereocenters. The number of anilines is 1. The van der Waals surface area contributed by atoms with Gasteiger partial charge in [0.25, 0.3) is 0 Å². The molecule has 2 N–H and O–H groups in total. The topological polar surface area (TPSA) is 102 Å². The van der Waals surface area contributed by atoms with E-state index in [9.17, 15) is 14.4 Å². The molecule has 0 aromatic carbocycles. The van der Waals surface area contributed by atoms with Gasteiger partial charge in [0.1, 0.15) is 6.04 Å². The minimum atomic E-state index is -0.554.